The number of nitrogens with one attached hydrogen (secondary N) is 1. The van der Waals surface area contributed by atoms with E-state index in [1.165, 1.54) is 0 Å². The molecular formula is C19H20N3O4S-. The fraction of sp³-hybridized carbons (Fsp3) is 0.368. The number of nitrogens with zero attached hydrogens (tertiary/aromatic N) is 2. The van der Waals surface area contributed by atoms with Crippen molar-refractivity contribution in [2.75, 3.05) is 6.54 Å². The van der Waals surface area contributed by atoms with Crippen molar-refractivity contribution < 1.29 is 13.2 Å². The number of pyridine rings is 1. The standard InChI is InChI=1S/C19H21N3O4S/c1-11-7-14(10-22(2)19(11)23)15-8-12(5-6-20-27(24)25)9-16-17(15)26-18(21-16)13-3-4-13/h7-10,13,20H,3-6H2,1-2H3,(H,24,25)/p-1. The zero-order chi connectivity index (χ0) is 19.1. The molecule has 0 spiro atoms. The van der Waals surface area contributed by atoms with Gasteiger partial charge < -0.3 is 13.5 Å². The second kappa shape index (κ2) is 7.03. The summed E-state index contributed by atoms with van der Waals surface area (Å²) in [6, 6.07) is 5.78. The fourth-order valence-electron chi connectivity index (χ4n) is 3.28. The Morgan fingerprint density at radius 1 is 1.37 bits per heavy atom. The summed E-state index contributed by atoms with van der Waals surface area (Å²) in [4.78, 5) is 16.7. The molecule has 1 atom stereocenters. The number of aryl methyl sites for hydroxylation is 2. The average molecular weight is 386 g/mol. The third-order valence-electron chi connectivity index (χ3n) is 4.80. The lowest BCUT2D eigenvalue weighted by Gasteiger charge is -2.10. The van der Waals surface area contributed by atoms with Gasteiger partial charge in [-0.25, -0.2) is 9.71 Å². The Balaban J connectivity index is 1.83. The number of oxazole rings is 1. The van der Waals surface area contributed by atoms with E-state index in [2.05, 4.69) is 9.71 Å². The summed E-state index contributed by atoms with van der Waals surface area (Å²) in [5.41, 5.74) is 4.78. The monoisotopic (exact) mass is 386 g/mol. The molecular weight excluding hydrogens is 366 g/mol. The molecule has 142 valence electrons. The Morgan fingerprint density at radius 3 is 2.81 bits per heavy atom. The van der Waals surface area contributed by atoms with E-state index in [1.807, 2.05) is 18.2 Å². The number of fused-ring (bicyclic) bond motifs is 1. The predicted molar refractivity (Wildman–Crippen MR) is 102 cm³/mol. The maximum absolute atomic E-state index is 12.0. The van der Waals surface area contributed by atoms with Gasteiger partial charge in [-0.3, -0.25) is 9.00 Å². The van der Waals surface area contributed by atoms with E-state index >= 15 is 0 Å². The predicted octanol–water partition coefficient (Wildman–Crippen LogP) is 2.31. The molecule has 1 fully saturated rings. The van der Waals surface area contributed by atoms with Gasteiger partial charge in [-0.15, -0.1) is 0 Å². The molecule has 2 heterocycles. The van der Waals surface area contributed by atoms with Gasteiger partial charge in [0.25, 0.3) is 5.56 Å². The van der Waals surface area contributed by atoms with E-state index in [-0.39, 0.29) is 5.56 Å². The highest BCUT2D eigenvalue weighted by Crippen LogP contribution is 2.42. The molecule has 1 unspecified atom stereocenters. The van der Waals surface area contributed by atoms with Crippen molar-refractivity contribution in [2.24, 2.45) is 7.05 Å². The molecule has 1 N–H and O–H groups in total. The van der Waals surface area contributed by atoms with Gasteiger partial charge in [0, 0.05) is 53.7 Å². The topological polar surface area (TPSA) is 100 Å². The zero-order valence-corrected chi connectivity index (χ0v) is 16.0. The van der Waals surface area contributed by atoms with Crippen LogP contribution < -0.4 is 10.3 Å². The van der Waals surface area contributed by atoms with Crippen LogP contribution in [0.25, 0.3) is 22.2 Å². The molecule has 0 radical (unpaired) electrons. The fourth-order valence-corrected chi connectivity index (χ4v) is 3.54. The van der Waals surface area contributed by atoms with Gasteiger partial charge in [-0.1, -0.05) is 0 Å². The van der Waals surface area contributed by atoms with Crippen LogP contribution in [0.15, 0.2) is 33.6 Å². The molecule has 0 saturated heterocycles. The summed E-state index contributed by atoms with van der Waals surface area (Å²) < 4.78 is 31.4. The van der Waals surface area contributed by atoms with Crippen molar-refractivity contribution >= 4 is 22.4 Å². The quantitative estimate of drug-likeness (QED) is 0.655. The minimum atomic E-state index is -2.28. The smallest absolute Gasteiger partial charge is 0.253 e. The summed E-state index contributed by atoms with van der Waals surface area (Å²) >= 11 is -2.28. The molecule has 0 bridgehead atoms. The number of benzene rings is 1. The van der Waals surface area contributed by atoms with E-state index in [0.717, 1.165) is 40.9 Å². The average Bonchev–Trinajstić information content (AvgIpc) is 3.37. The van der Waals surface area contributed by atoms with Gasteiger partial charge in [-0.05, 0) is 49.9 Å². The first-order valence-corrected chi connectivity index (χ1v) is 9.93. The molecule has 0 amide bonds. The third kappa shape index (κ3) is 3.73. The third-order valence-corrected chi connectivity index (χ3v) is 5.24. The van der Waals surface area contributed by atoms with Crippen LogP contribution in [0.1, 0.15) is 35.8 Å². The van der Waals surface area contributed by atoms with Crippen molar-refractivity contribution in [3.8, 4) is 11.1 Å². The van der Waals surface area contributed by atoms with Gasteiger partial charge in [0.05, 0.1) is 0 Å². The van der Waals surface area contributed by atoms with Gasteiger partial charge >= 0.3 is 0 Å². The van der Waals surface area contributed by atoms with E-state index in [4.69, 9.17) is 4.42 Å². The van der Waals surface area contributed by atoms with Crippen molar-refractivity contribution in [3.63, 3.8) is 0 Å². The van der Waals surface area contributed by atoms with Crippen LogP contribution in [-0.4, -0.2) is 24.9 Å². The molecule has 0 aliphatic heterocycles. The summed E-state index contributed by atoms with van der Waals surface area (Å²) in [6.07, 6.45) is 4.51. The van der Waals surface area contributed by atoms with Crippen LogP contribution in [0.2, 0.25) is 0 Å². The van der Waals surface area contributed by atoms with E-state index in [0.29, 0.717) is 30.0 Å². The zero-order valence-electron chi connectivity index (χ0n) is 15.2. The summed E-state index contributed by atoms with van der Waals surface area (Å²) in [5, 5.41) is 0. The highest BCUT2D eigenvalue weighted by Gasteiger charge is 2.29. The molecule has 2 aromatic heterocycles. The molecule has 27 heavy (non-hydrogen) atoms. The Morgan fingerprint density at radius 2 is 2.15 bits per heavy atom. The molecule has 4 rings (SSSR count). The molecule has 3 aromatic rings. The van der Waals surface area contributed by atoms with Crippen molar-refractivity contribution in [3.05, 3.63) is 51.8 Å². The maximum Gasteiger partial charge on any atom is 0.253 e. The SMILES string of the molecule is Cc1cc(-c2cc(CCNS(=O)[O-])cc3nc(C4CC4)oc23)cn(C)c1=O. The molecule has 1 aromatic carbocycles. The minimum Gasteiger partial charge on any atom is -0.760 e. The van der Waals surface area contributed by atoms with E-state index in [1.54, 1.807) is 24.7 Å². The first-order chi connectivity index (χ1) is 12.9. The van der Waals surface area contributed by atoms with Crippen molar-refractivity contribution in [1.82, 2.24) is 14.3 Å². The number of hydrogen-bond donors (Lipinski definition) is 1. The molecule has 1 saturated carbocycles. The summed E-state index contributed by atoms with van der Waals surface area (Å²) in [6.45, 7) is 2.09. The highest BCUT2D eigenvalue weighted by molar-refractivity contribution is 7.77. The maximum atomic E-state index is 12.0. The largest absolute Gasteiger partial charge is 0.760 e. The molecule has 8 heteroatoms. The Hall–Kier alpha value is -2.29. The number of rotatable bonds is 6. The van der Waals surface area contributed by atoms with Crippen LogP contribution in [0.4, 0.5) is 0 Å². The number of aromatic nitrogens is 2. The number of hydrogen-bond acceptors (Lipinski definition) is 5. The minimum absolute atomic E-state index is 0.0375. The van der Waals surface area contributed by atoms with Gasteiger partial charge in [0.2, 0.25) is 0 Å². The second-order valence-corrected chi connectivity index (χ2v) is 7.78. The lowest BCUT2D eigenvalue weighted by Crippen LogP contribution is -2.19. The first-order valence-electron chi connectivity index (χ1n) is 8.86. The van der Waals surface area contributed by atoms with E-state index in [9.17, 15) is 13.6 Å². The van der Waals surface area contributed by atoms with Crippen LogP contribution in [-0.2, 0) is 24.7 Å². The Kier molecular flexibility index (Phi) is 4.71. The first kappa shape index (κ1) is 18.1. The Labute approximate surface area is 158 Å². The second-order valence-electron chi connectivity index (χ2n) is 7.02. The van der Waals surface area contributed by atoms with Gasteiger partial charge in [0.1, 0.15) is 5.52 Å². The van der Waals surface area contributed by atoms with Crippen molar-refractivity contribution in [2.45, 2.75) is 32.1 Å². The van der Waals surface area contributed by atoms with Crippen LogP contribution in [0.5, 0.6) is 0 Å². The molecule has 1 aliphatic rings. The summed E-state index contributed by atoms with van der Waals surface area (Å²) in [5.74, 6) is 1.14. The highest BCUT2D eigenvalue weighted by atomic mass is 32.2. The van der Waals surface area contributed by atoms with Gasteiger partial charge in [0.15, 0.2) is 11.5 Å². The lowest BCUT2D eigenvalue weighted by atomic mass is 10.0. The molecule has 1 aliphatic carbocycles. The van der Waals surface area contributed by atoms with Crippen LogP contribution in [0.3, 0.4) is 0 Å². The lowest BCUT2D eigenvalue weighted by molar-refractivity contribution is 0.523. The Bertz CT molecular complexity index is 1070. The van der Waals surface area contributed by atoms with E-state index < -0.39 is 11.3 Å². The van der Waals surface area contributed by atoms with Crippen molar-refractivity contribution in [1.29, 1.82) is 0 Å². The normalized spacial score (nSPS) is 15.4. The molecule has 7 nitrogen and oxygen atoms in total. The summed E-state index contributed by atoms with van der Waals surface area (Å²) in [7, 11) is 1.73. The van der Waals surface area contributed by atoms with Crippen LogP contribution in [0, 0.1) is 6.92 Å². The van der Waals surface area contributed by atoms with Crippen LogP contribution >= 0.6 is 0 Å². The van der Waals surface area contributed by atoms with Gasteiger partial charge in [-0.2, -0.15) is 0 Å².